The molecule has 0 fully saturated rings. The zero-order valence-corrected chi connectivity index (χ0v) is 14.0. The van der Waals surface area contributed by atoms with Crippen molar-refractivity contribution in [1.82, 2.24) is 14.9 Å². The number of hydrogen-bond donors (Lipinski definition) is 2. The van der Waals surface area contributed by atoms with Gasteiger partial charge in [0.1, 0.15) is 5.82 Å². The molecule has 1 aromatic heterocycles. The summed E-state index contributed by atoms with van der Waals surface area (Å²) in [4.78, 5) is 12.0. The lowest BCUT2D eigenvalue weighted by Crippen LogP contribution is -2.17. The van der Waals surface area contributed by atoms with Gasteiger partial charge in [-0.3, -0.25) is 4.79 Å². The summed E-state index contributed by atoms with van der Waals surface area (Å²) in [7, 11) is 0. The molecule has 6 nitrogen and oxygen atoms in total. The second-order valence-electron chi connectivity index (χ2n) is 5.27. The van der Waals surface area contributed by atoms with E-state index in [4.69, 9.17) is 5.84 Å². The van der Waals surface area contributed by atoms with Crippen LogP contribution in [0.4, 0.5) is 10.1 Å². The monoisotopic (exact) mass is 357 g/mol. The van der Waals surface area contributed by atoms with Crippen molar-refractivity contribution in [2.75, 3.05) is 16.9 Å². The van der Waals surface area contributed by atoms with Crippen molar-refractivity contribution < 1.29 is 9.18 Å². The lowest BCUT2D eigenvalue weighted by molar-refractivity contribution is -0.113. The smallest absolute Gasteiger partial charge is 0.234 e. The predicted molar refractivity (Wildman–Crippen MR) is 95.2 cm³/mol. The first kappa shape index (κ1) is 17.0. The van der Waals surface area contributed by atoms with Gasteiger partial charge < -0.3 is 11.2 Å². The molecule has 0 atom stereocenters. The van der Waals surface area contributed by atoms with Crippen molar-refractivity contribution in [1.29, 1.82) is 0 Å². The number of carbonyl (C=O) groups excluding carboxylic acids is 1. The number of thioether (sulfide) groups is 1. The summed E-state index contributed by atoms with van der Waals surface area (Å²) in [6, 6.07) is 15.4. The van der Waals surface area contributed by atoms with E-state index >= 15 is 0 Å². The molecule has 3 N–H and O–H groups in total. The molecule has 0 saturated carbocycles. The number of carbonyl (C=O) groups is 1. The third-order valence-electron chi connectivity index (χ3n) is 3.40. The van der Waals surface area contributed by atoms with Crippen LogP contribution in [0, 0.1) is 5.82 Å². The number of rotatable bonds is 6. The summed E-state index contributed by atoms with van der Waals surface area (Å²) in [6.45, 7) is 0. The Hall–Kier alpha value is -2.87. The number of aromatic nitrogens is 3. The summed E-state index contributed by atoms with van der Waals surface area (Å²) in [5.41, 5.74) is 1.61. The molecule has 1 amide bonds. The first-order valence-electron chi connectivity index (χ1n) is 7.53. The minimum Gasteiger partial charge on any atom is -0.336 e. The Balaban J connectivity index is 1.56. The lowest BCUT2D eigenvalue weighted by Gasteiger charge is -2.05. The van der Waals surface area contributed by atoms with Gasteiger partial charge in [0.15, 0.2) is 5.82 Å². The van der Waals surface area contributed by atoms with E-state index in [0.29, 0.717) is 23.1 Å². The van der Waals surface area contributed by atoms with Gasteiger partial charge in [-0.15, -0.1) is 10.2 Å². The van der Waals surface area contributed by atoms with Gasteiger partial charge in [-0.25, -0.2) is 9.07 Å². The van der Waals surface area contributed by atoms with Crippen LogP contribution in [0.15, 0.2) is 59.8 Å². The highest BCUT2D eigenvalue weighted by Crippen LogP contribution is 2.17. The topological polar surface area (TPSA) is 85.8 Å². The van der Waals surface area contributed by atoms with Crippen LogP contribution in [0.3, 0.4) is 0 Å². The van der Waals surface area contributed by atoms with E-state index in [1.54, 1.807) is 0 Å². The Kier molecular flexibility index (Phi) is 5.30. The molecule has 0 aliphatic carbocycles. The number of nitrogens with two attached hydrogens (primary N) is 1. The number of benzene rings is 2. The van der Waals surface area contributed by atoms with Crippen molar-refractivity contribution in [3.8, 4) is 0 Å². The van der Waals surface area contributed by atoms with Crippen molar-refractivity contribution in [3.05, 3.63) is 71.8 Å². The van der Waals surface area contributed by atoms with Gasteiger partial charge in [0, 0.05) is 12.1 Å². The van der Waals surface area contributed by atoms with Crippen LogP contribution in [0.2, 0.25) is 0 Å². The fraction of sp³-hybridized carbons (Fsp3) is 0.118. The average Bonchev–Trinajstić information content (AvgIpc) is 2.96. The van der Waals surface area contributed by atoms with Crippen molar-refractivity contribution >= 4 is 23.4 Å². The number of amides is 1. The molecule has 1 heterocycles. The SMILES string of the molecule is Nn1c(Cc2ccccc2)nnc1SCC(=O)Nc1ccc(F)cc1. The molecule has 0 saturated heterocycles. The average molecular weight is 357 g/mol. The Morgan fingerprint density at radius 2 is 1.84 bits per heavy atom. The second kappa shape index (κ2) is 7.80. The Labute approximate surface area is 148 Å². The van der Waals surface area contributed by atoms with E-state index in [2.05, 4.69) is 15.5 Å². The number of anilines is 1. The summed E-state index contributed by atoms with van der Waals surface area (Å²) in [5, 5.41) is 11.2. The first-order valence-corrected chi connectivity index (χ1v) is 8.52. The highest BCUT2D eigenvalue weighted by molar-refractivity contribution is 7.99. The van der Waals surface area contributed by atoms with Crippen LogP contribution >= 0.6 is 11.8 Å². The molecule has 0 spiro atoms. The van der Waals surface area contributed by atoms with Crippen LogP contribution in [0.1, 0.15) is 11.4 Å². The van der Waals surface area contributed by atoms with E-state index < -0.39 is 0 Å². The zero-order chi connectivity index (χ0) is 17.6. The molecule has 3 rings (SSSR count). The Morgan fingerprint density at radius 1 is 1.12 bits per heavy atom. The maximum atomic E-state index is 12.8. The van der Waals surface area contributed by atoms with Gasteiger partial charge in [0.2, 0.25) is 11.1 Å². The predicted octanol–water partition coefficient (Wildman–Crippen LogP) is 2.45. The van der Waals surface area contributed by atoms with E-state index in [1.807, 2.05) is 30.3 Å². The van der Waals surface area contributed by atoms with Crippen LogP contribution in [-0.2, 0) is 11.2 Å². The first-order chi connectivity index (χ1) is 12.1. The number of nitrogen functional groups attached to an aromatic ring is 1. The second-order valence-corrected chi connectivity index (χ2v) is 6.22. The number of nitrogens with one attached hydrogen (secondary N) is 1. The van der Waals surface area contributed by atoms with Crippen molar-refractivity contribution in [3.63, 3.8) is 0 Å². The number of halogens is 1. The van der Waals surface area contributed by atoms with Gasteiger partial charge in [-0.1, -0.05) is 42.1 Å². The molecule has 0 aliphatic rings. The van der Waals surface area contributed by atoms with Crippen LogP contribution < -0.4 is 11.2 Å². The van der Waals surface area contributed by atoms with E-state index in [0.717, 1.165) is 5.56 Å². The van der Waals surface area contributed by atoms with Crippen LogP contribution in [-0.4, -0.2) is 26.5 Å². The van der Waals surface area contributed by atoms with Gasteiger partial charge in [0.25, 0.3) is 0 Å². The molecule has 2 aromatic carbocycles. The summed E-state index contributed by atoms with van der Waals surface area (Å²) >= 11 is 1.19. The largest absolute Gasteiger partial charge is 0.336 e. The minimum atomic E-state index is -0.352. The number of hydrogen-bond acceptors (Lipinski definition) is 5. The Morgan fingerprint density at radius 3 is 2.56 bits per heavy atom. The molecule has 3 aromatic rings. The summed E-state index contributed by atoms with van der Waals surface area (Å²) < 4.78 is 14.2. The highest BCUT2D eigenvalue weighted by Gasteiger charge is 2.13. The molecule has 0 radical (unpaired) electrons. The lowest BCUT2D eigenvalue weighted by atomic mass is 10.1. The van der Waals surface area contributed by atoms with Gasteiger partial charge in [-0.05, 0) is 29.8 Å². The fourth-order valence-electron chi connectivity index (χ4n) is 2.17. The molecular formula is C17H16FN5OS. The summed E-state index contributed by atoms with van der Waals surface area (Å²) in [6.07, 6.45) is 0.562. The van der Waals surface area contributed by atoms with Crippen molar-refractivity contribution in [2.45, 2.75) is 11.6 Å². The number of nitrogens with zero attached hydrogens (tertiary/aromatic N) is 3. The highest BCUT2D eigenvalue weighted by atomic mass is 32.2. The molecule has 128 valence electrons. The van der Waals surface area contributed by atoms with Gasteiger partial charge in [-0.2, -0.15) is 0 Å². The van der Waals surface area contributed by atoms with E-state index in [-0.39, 0.29) is 17.5 Å². The third kappa shape index (κ3) is 4.57. The van der Waals surface area contributed by atoms with Gasteiger partial charge >= 0.3 is 0 Å². The molecule has 25 heavy (non-hydrogen) atoms. The standard InChI is InChI=1S/C17H16FN5OS/c18-13-6-8-14(9-7-13)20-16(24)11-25-17-22-21-15(23(17)19)10-12-4-2-1-3-5-12/h1-9H,10-11,19H2,(H,20,24). The fourth-order valence-corrected chi connectivity index (χ4v) is 2.84. The maximum Gasteiger partial charge on any atom is 0.234 e. The molecule has 0 bridgehead atoms. The molecule has 8 heteroatoms. The molecule has 0 aliphatic heterocycles. The van der Waals surface area contributed by atoms with E-state index in [1.165, 1.54) is 40.7 Å². The molecule has 0 unspecified atom stereocenters. The summed E-state index contributed by atoms with van der Waals surface area (Å²) in [5.74, 6) is 6.16. The van der Waals surface area contributed by atoms with Gasteiger partial charge in [0.05, 0.1) is 5.75 Å². The quantitative estimate of drug-likeness (QED) is 0.523. The maximum absolute atomic E-state index is 12.8. The van der Waals surface area contributed by atoms with Crippen LogP contribution in [0.25, 0.3) is 0 Å². The Bertz CT molecular complexity index is 851. The zero-order valence-electron chi connectivity index (χ0n) is 13.2. The third-order valence-corrected chi connectivity index (χ3v) is 4.34. The normalized spacial score (nSPS) is 10.6. The van der Waals surface area contributed by atoms with E-state index in [9.17, 15) is 9.18 Å². The minimum absolute atomic E-state index is 0.123. The van der Waals surface area contributed by atoms with Crippen LogP contribution in [0.5, 0.6) is 0 Å². The molecular weight excluding hydrogens is 341 g/mol. The van der Waals surface area contributed by atoms with Crippen molar-refractivity contribution in [2.24, 2.45) is 0 Å².